The molecule has 19 heavy (non-hydrogen) atoms. The number of rotatable bonds is 4. The van der Waals surface area contributed by atoms with Gasteiger partial charge in [-0.1, -0.05) is 6.92 Å². The van der Waals surface area contributed by atoms with Crippen LogP contribution >= 0.6 is 0 Å². The number of carbonyl (C=O) groups is 1. The first kappa shape index (κ1) is 14.0. The Morgan fingerprint density at radius 1 is 1.47 bits per heavy atom. The number of piperazine rings is 1. The summed E-state index contributed by atoms with van der Waals surface area (Å²) in [5.74, 6) is -0.786. The minimum atomic E-state index is -0.786. The molecule has 0 saturated carbocycles. The second-order valence-electron chi connectivity index (χ2n) is 5.06. The fourth-order valence-electron chi connectivity index (χ4n) is 2.70. The van der Waals surface area contributed by atoms with Crippen LogP contribution < -0.4 is 0 Å². The molecule has 1 N–H and O–H groups in total. The molecule has 2 unspecified atom stereocenters. The van der Waals surface area contributed by atoms with Gasteiger partial charge in [-0.25, -0.2) is 0 Å². The van der Waals surface area contributed by atoms with E-state index in [2.05, 4.69) is 28.8 Å². The maximum Gasteiger partial charge on any atom is 0.325 e. The van der Waals surface area contributed by atoms with Crippen LogP contribution in [0.25, 0.3) is 0 Å². The van der Waals surface area contributed by atoms with Gasteiger partial charge in [0.15, 0.2) is 0 Å². The summed E-state index contributed by atoms with van der Waals surface area (Å²) in [5, 5.41) is 9.53. The number of aliphatic carboxylic acids is 1. The van der Waals surface area contributed by atoms with Crippen LogP contribution in [0.3, 0.4) is 0 Å². The summed E-state index contributed by atoms with van der Waals surface area (Å²) in [4.78, 5) is 19.9. The Morgan fingerprint density at radius 3 is 2.74 bits per heavy atom. The minimum absolute atomic E-state index is 0.428. The summed E-state index contributed by atoms with van der Waals surface area (Å²) >= 11 is 0. The van der Waals surface area contributed by atoms with Crippen LogP contribution in [-0.2, 0) is 4.79 Å². The summed E-state index contributed by atoms with van der Waals surface area (Å²) < 4.78 is 0. The molecule has 1 aliphatic heterocycles. The second kappa shape index (κ2) is 6.12. The molecule has 0 amide bonds. The van der Waals surface area contributed by atoms with Crippen LogP contribution in [0, 0.1) is 0 Å². The van der Waals surface area contributed by atoms with E-state index in [9.17, 15) is 9.90 Å². The molecule has 0 aliphatic carbocycles. The maximum absolute atomic E-state index is 11.6. The molecule has 1 aromatic heterocycles. The van der Waals surface area contributed by atoms with Gasteiger partial charge in [0.25, 0.3) is 0 Å². The van der Waals surface area contributed by atoms with Crippen molar-refractivity contribution in [2.24, 2.45) is 0 Å². The van der Waals surface area contributed by atoms with Gasteiger partial charge in [-0.3, -0.25) is 14.7 Å². The van der Waals surface area contributed by atoms with E-state index in [0.29, 0.717) is 6.04 Å². The smallest absolute Gasteiger partial charge is 0.325 e. The molecule has 1 aromatic rings. The Kier molecular flexibility index (Phi) is 4.50. The van der Waals surface area contributed by atoms with Crippen molar-refractivity contribution in [3.8, 4) is 0 Å². The van der Waals surface area contributed by atoms with Crippen molar-refractivity contribution in [3.05, 3.63) is 30.1 Å². The predicted octanol–water partition coefficient (Wildman–Crippen LogP) is 1.23. The first-order valence-electron chi connectivity index (χ1n) is 6.70. The summed E-state index contributed by atoms with van der Waals surface area (Å²) in [6.45, 7) is 4.64. The molecule has 2 heterocycles. The molecule has 104 valence electrons. The molecule has 5 heteroatoms. The van der Waals surface area contributed by atoms with Gasteiger partial charge in [0.1, 0.15) is 6.04 Å². The van der Waals surface area contributed by atoms with Crippen LogP contribution in [0.15, 0.2) is 24.5 Å². The summed E-state index contributed by atoms with van der Waals surface area (Å²) in [6.07, 6.45) is 4.34. The molecule has 1 aliphatic rings. The number of carboxylic acids is 1. The summed E-state index contributed by atoms with van der Waals surface area (Å²) in [6, 6.07) is 3.44. The highest BCUT2D eigenvalue weighted by Gasteiger charge is 2.32. The van der Waals surface area contributed by atoms with E-state index < -0.39 is 12.0 Å². The number of pyridine rings is 1. The molecule has 2 rings (SSSR count). The zero-order valence-corrected chi connectivity index (χ0v) is 11.5. The normalized spacial score (nSPS) is 23.2. The highest BCUT2D eigenvalue weighted by atomic mass is 16.4. The Morgan fingerprint density at radius 2 is 2.16 bits per heavy atom. The van der Waals surface area contributed by atoms with Gasteiger partial charge >= 0.3 is 5.97 Å². The average molecular weight is 263 g/mol. The lowest BCUT2D eigenvalue weighted by molar-refractivity contribution is -0.144. The van der Waals surface area contributed by atoms with Gasteiger partial charge < -0.3 is 10.0 Å². The van der Waals surface area contributed by atoms with Gasteiger partial charge in [0.05, 0.1) is 0 Å². The molecule has 5 nitrogen and oxygen atoms in total. The SMILES string of the molecule is CCC1CN(C(C(=O)O)c2ccncc2)CCN1C. The standard InChI is InChI=1S/C14H21N3O2/c1-3-12-10-17(9-8-16(12)2)13(14(18)19)11-4-6-15-7-5-11/h4-7,12-13H,3,8-10H2,1-2H3,(H,18,19). The number of aromatic nitrogens is 1. The molecule has 0 aromatic carbocycles. The van der Waals surface area contributed by atoms with E-state index in [1.54, 1.807) is 24.5 Å². The van der Waals surface area contributed by atoms with Crippen molar-refractivity contribution in [1.29, 1.82) is 0 Å². The second-order valence-corrected chi connectivity index (χ2v) is 5.06. The van der Waals surface area contributed by atoms with Crippen LogP contribution in [-0.4, -0.2) is 58.6 Å². The predicted molar refractivity (Wildman–Crippen MR) is 72.9 cm³/mol. The molecule has 2 atom stereocenters. The Balaban J connectivity index is 2.19. The van der Waals surface area contributed by atoms with Crippen LogP contribution in [0.4, 0.5) is 0 Å². The Hall–Kier alpha value is -1.46. The molecular formula is C14H21N3O2. The third kappa shape index (κ3) is 3.11. The summed E-state index contributed by atoms with van der Waals surface area (Å²) in [7, 11) is 2.10. The minimum Gasteiger partial charge on any atom is -0.480 e. The number of hydrogen-bond donors (Lipinski definition) is 1. The van der Waals surface area contributed by atoms with E-state index in [1.807, 2.05) is 0 Å². The van der Waals surface area contributed by atoms with Crippen LogP contribution in [0.2, 0.25) is 0 Å². The number of carboxylic acid groups (broad SMARTS) is 1. The molecule has 1 saturated heterocycles. The summed E-state index contributed by atoms with van der Waals surface area (Å²) in [5.41, 5.74) is 0.807. The van der Waals surface area contributed by atoms with E-state index >= 15 is 0 Å². The van der Waals surface area contributed by atoms with Crippen molar-refractivity contribution in [3.63, 3.8) is 0 Å². The van der Waals surface area contributed by atoms with Crippen molar-refractivity contribution >= 4 is 5.97 Å². The van der Waals surface area contributed by atoms with E-state index in [4.69, 9.17) is 0 Å². The first-order valence-corrected chi connectivity index (χ1v) is 6.70. The van der Waals surface area contributed by atoms with Crippen molar-refractivity contribution in [2.75, 3.05) is 26.7 Å². The quantitative estimate of drug-likeness (QED) is 0.885. The first-order chi connectivity index (χ1) is 9.13. The molecule has 0 spiro atoms. The number of nitrogens with zero attached hydrogens (tertiary/aromatic N) is 3. The van der Waals surface area contributed by atoms with Gasteiger partial charge in [0, 0.05) is 38.1 Å². The van der Waals surface area contributed by atoms with E-state index in [0.717, 1.165) is 31.6 Å². The largest absolute Gasteiger partial charge is 0.480 e. The lowest BCUT2D eigenvalue weighted by Crippen LogP contribution is -2.53. The van der Waals surface area contributed by atoms with E-state index in [1.165, 1.54) is 0 Å². The van der Waals surface area contributed by atoms with Crippen molar-refractivity contribution < 1.29 is 9.90 Å². The van der Waals surface area contributed by atoms with Crippen molar-refractivity contribution in [1.82, 2.24) is 14.8 Å². The molecule has 0 bridgehead atoms. The zero-order valence-electron chi connectivity index (χ0n) is 11.5. The lowest BCUT2D eigenvalue weighted by Gasteiger charge is -2.41. The highest BCUT2D eigenvalue weighted by Crippen LogP contribution is 2.24. The van der Waals surface area contributed by atoms with Gasteiger partial charge in [0.2, 0.25) is 0 Å². The fourth-order valence-corrected chi connectivity index (χ4v) is 2.70. The Labute approximate surface area is 113 Å². The molecule has 0 radical (unpaired) electrons. The topological polar surface area (TPSA) is 56.7 Å². The monoisotopic (exact) mass is 263 g/mol. The average Bonchev–Trinajstić information content (AvgIpc) is 2.41. The van der Waals surface area contributed by atoms with Gasteiger partial charge in [-0.15, -0.1) is 0 Å². The lowest BCUT2D eigenvalue weighted by atomic mass is 10.0. The molecule has 1 fully saturated rings. The maximum atomic E-state index is 11.6. The third-order valence-corrected chi connectivity index (χ3v) is 3.90. The number of likely N-dealkylation sites (N-methyl/N-ethyl adjacent to an activating group) is 1. The fraction of sp³-hybridized carbons (Fsp3) is 0.571. The zero-order chi connectivity index (χ0) is 13.8. The van der Waals surface area contributed by atoms with E-state index in [-0.39, 0.29) is 0 Å². The highest BCUT2D eigenvalue weighted by molar-refractivity contribution is 5.75. The third-order valence-electron chi connectivity index (χ3n) is 3.90. The number of hydrogen-bond acceptors (Lipinski definition) is 4. The van der Waals surface area contributed by atoms with Crippen LogP contribution in [0.5, 0.6) is 0 Å². The molecular weight excluding hydrogens is 242 g/mol. The van der Waals surface area contributed by atoms with Crippen molar-refractivity contribution in [2.45, 2.75) is 25.4 Å². The Bertz CT molecular complexity index is 424. The van der Waals surface area contributed by atoms with Gasteiger partial charge in [-0.05, 0) is 31.2 Å². The van der Waals surface area contributed by atoms with Crippen LogP contribution in [0.1, 0.15) is 24.9 Å². The van der Waals surface area contributed by atoms with Gasteiger partial charge in [-0.2, -0.15) is 0 Å².